The van der Waals surface area contributed by atoms with Crippen LogP contribution >= 0.6 is 0 Å². The monoisotopic (exact) mass is 273 g/mol. The standard InChI is InChI=1S/C17H27N3/c1-3-13-12-19(2)9-6-10-20(13)17-11-16(18)14-7-4-5-8-15(14)17/h4-5,7-8,13,16-17H,3,6,9-12,18H2,1-2H3. The van der Waals surface area contributed by atoms with Gasteiger partial charge in [0.2, 0.25) is 0 Å². The fourth-order valence-electron chi connectivity index (χ4n) is 4.00. The van der Waals surface area contributed by atoms with Gasteiger partial charge in [-0.25, -0.2) is 0 Å². The van der Waals surface area contributed by atoms with Gasteiger partial charge in [0.05, 0.1) is 0 Å². The molecule has 3 atom stereocenters. The summed E-state index contributed by atoms with van der Waals surface area (Å²) < 4.78 is 0. The van der Waals surface area contributed by atoms with Crippen molar-refractivity contribution >= 4 is 0 Å². The Kier molecular flexibility index (Phi) is 4.11. The Balaban J connectivity index is 1.88. The molecule has 0 amide bonds. The van der Waals surface area contributed by atoms with E-state index in [1.165, 1.54) is 43.6 Å². The predicted molar refractivity (Wildman–Crippen MR) is 83.6 cm³/mol. The summed E-state index contributed by atoms with van der Waals surface area (Å²) in [5.74, 6) is 0. The molecule has 0 bridgehead atoms. The van der Waals surface area contributed by atoms with Gasteiger partial charge in [0, 0.05) is 31.2 Å². The molecule has 2 N–H and O–H groups in total. The second-order valence-corrected chi connectivity index (χ2v) is 6.40. The Hall–Kier alpha value is -0.900. The lowest BCUT2D eigenvalue weighted by atomic mass is 10.0. The first-order valence-corrected chi connectivity index (χ1v) is 7.99. The molecule has 0 aromatic heterocycles. The highest BCUT2D eigenvalue weighted by molar-refractivity contribution is 5.37. The topological polar surface area (TPSA) is 32.5 Å². The molecule has 2 aliphatic rings. The number of nitrogens with zero attached hydrogens (tertiary/aromatic N) is 2. The maximum Gasteiger partial charge on any atom is 0.0372 e. The second-order valence-electron chi connectivity index (χ2n) is 6.40. The number of rotatable bonds is 2. The average Bonchev–Trinajstić information content (AvgIpc) is 2.67. The van der Waals surface area contributed by atoms with Crippen LogP contribution in [0.2, 0.25) is 0 Å². The molecule has 0 saturated carbocycles. The molecule has 110 valence electrons. The zero-order valence-corrected chi connectivity index (χ0v) is 12.8. The van der Waals surface area contributed by atoms with Crippen LogP contribution in [0, 0.1) is 0 Å². The first-order chi connectivity index (χ1) is 9.70. The van der Waals surface area contributed by atoms with Crippen molar-refractivity contribution < 1.29 is 0 Å². The molecule has 1 fully saturated rings. The zero-order chi connectivity index (χ0) is 14.1. The van der Waals surface area contributed by atoms with Gasteiger partial charge in [0.25, 0.3) is 0 Å². The van der Waals surface area contributed by atoms with Crippen molar-refractivity contribution in [2.45, 2.75) is 44.3 Å². The van der Waals surface area contributed by atoms with Crippen LogP contribution in [0.4, 0.5) is 0 Å². The Morgan fingerprint density at radius 2 is 1.95 bits per heavy atom. The SMILES string of the molecule is CCC1CN(C)CCCN1C1CC(N)c2ccccc21. The highest BCUT2D eigenvalue weighted by Gasteiger charge is 2.36. The number of fused-ring (bicyclic) bond motifs is 1. The molecule has 1 aromatic rings. The van der Waals surface area contributed by atoms with Gasteiger partial charge in [-0.15, -0.1) is 0 Å². The lowest BCUT2D eigenvalue weighted by molar-refractivity contribution is 0.124. The Bertz CT molecular complexity index is 459. The van der Waals surface area contributed by atoms with E-state index in [1.807, 2.05) is 0 Å². The normalized spacial score (nSPS) is 32.0. The summed E-state index contributed by atoms with van der Waals surface area (Å²) in [6.45, 7) is 5.92. The molecule has 1 aromatic carbocycles. The number of benzene rings is 1. The Labute approximate surface area is 122 Å². The summed E-state index contributed by atoms with van der Waals surface area (Å²) in [7, 11) is 2.25. The second kappa shape index (κ2) is 5.84. The summed E-state index contributed by atoms with van der Waals surface area (Å²) in [5, 5.41) is 0. The van der Waals surface area contributed by atoms with Crippen LogP contribution in [0.3, 0.4) is 0 Å². The maximum absolute atomic E-state index is 6.36. The number of likely N-dealkylation sites (N-methyl/N-ethyl adjacent to an activating group) is 1. The van der Waals surface area contributed by atoms with Crippen LogP contribution in [-0.2, 0) is 0 Å². The fraction of sp³-hybridized carbons (Fsp3) is 0.647. The molecule has 0 radical (unpaired) electrons. The highest BCUT2D eigenvalue weighted by atomic mass is 15.3. The molecule has 3 nitrogen and oxygen atoms in total. The number of hydrogen-bond acceptors (Lipinski definition) is 3. The molecule has 1 aliphatic heterocycles. The van der Waals surface area contributed by atoms with Gasteiger partial charge in [-0.3, -0.25) is 4.90 Å². The van der Waals surface area contributed by atoms with Crippen molar-refractivity contribution in [3.8, 4) is 0 Å². The van der Waals surface area contributed by atoms with E-state index in [-0.39, 0.29) is 6.04 Å². The Morgan fingerprint density at radius 3 is 2.70 bits per heavy atom. The number of hydrogen-bond donors (Lipinski definition) is 1. The highest BCUT2D eigenvalue weighted by Crippen LogP contribution is 2.42. The van der Waals surface area contributed by atoms with Gasteiger partial charge in [-0.1, -0.05) is 31.2 Å². The molecule has 1 saturated heterocycles. The van der Waals surface area contributed by atoms with Crippen LogP contribution < -0.4 is 5.73 Å². The van der Waals surface area contributed by atoms with Gasteiger partial charge in [-0.2, -0.15) is 0 Å². The fourth-order valence-corrected chi connectivity index (χ4v) is 4.00. The van der Waals surface area contributed by atoms with Crippen molar-refractivity contribution in [1.82, 2.24) is 9.80 Å². The van der Waals surface area contributed by atoms with Crippen LogP contribution in [0.25, 0.3) is 0 Å². The molecule has 0 spiro atoms. The quantitative estimate of drug-likeness (QED) is 0.899. The molecule has 20 heavy (non-hydrogen) atoms. The maximum atomic E-state index is 6.36. The molecule has 1 heterocycles. The minimum Gasteiger partial charge on any atom is -0.324 e. The van der Waals surface area contributed by atoms with Gasteiger partial charge >= 0.3 is 0 Å². The van der Waals surface area contributed by atoms with Crippen molar-refractivity contribution in [3.63, 3.8) is 0 Å². The third kappa shape index (κ3) is 2.50. The molecule has 3 rings (SSSR count). The third-order valence-electron chi connectivity index (χ3n) is 5.05. The lowest BCUT2D eigenvalue weighted by Crippen LogP contribution is -2.41. The van der Waals surface area contributed by atoms with Crippen LogP contribution in [-0.4, -0.2) is 42.5 Å². The van der Waals surface area contributed by atoms with Crippen molar-refractivity contribution in [2.24, 2.45) is 5.73 Å². The van der Waals surface area contributed by atoms with E-state index in [0.29, 0.717) is 12.1 Å². The van der Waals surface area contributed by atoms with Gasteiger partial charge < -0.3 is 10.6 Å². The summed E-state index contributed by atoms with van der Waals surface area (Å²) in [6.07, 6.45) is 3.57. The van der Waals surface area contributed by atoms with Crippen LogP contribution in [0.15, 0.2) is 24.3 Å². The van der Waals surface area contributed by atoms with Crippen molar-refractivity contribution in [2.75, 3.05) is 26.7 Å². The number of nitrogens with two attached hydrogens (primary N) is 1. The minimum atomic E-state index is 0.217. The van der Waals surface area contributed by atoms with E-state index in [9.17, 15) is 0 Å². The average molecular weight is 273 g/mol. The summed E-state index contributed by atoms with van der Waals surface area (Å²) in [4.78, 5) is 5.21. The van der Waals surface area contributed by atoms with Crippen LogP contribution in [0.1, 0.15) is 49.4 Å². The van der Waals surface area contributed by atoms with Gasteiger partial charge in [0.1, 0.15) is 0 Å². The van der Waals surface area contributed by atoms with E-state index >= 15 is 0 Å². The summed E-state index contributed by atoms with van der Waals surface area (Å²) >= 11 is 0. The van der Waals surface area contributed by atoms with Gasteiger partial charge in [0.15, 0.2) is 0 Å². The lowest BCUT2D eigenvalue weighted by Gasteiger charge is -2.35. The van der Waals surface area contributed by atoms with E-state index in [2.05, 4.69) is 48.0 Å². The summed E-state index contributed by atoms with van der Waals surface area (Å²) in [6, 6.07) is 10.2. The summed E-state index contributed by atoms with van der Waals surface area (Å²) in [5.41, 5.74) is 9.20. The molecule has 3 heteroatoms. The van der Waals surface area contributed by atoms with Crippen molar-refractivity contribution in [1.29, 1.82) is 0 Å². The molecule has 1 aliphatic carbocycles. The van der Waals surface area contributed by atoms with E-state index in [1.54, 1.807) is 0 Å². The predicted octanol–water partition coefficient (Wildman–Crippen LogP) is 2.55. The van der Waals surface area contributed by atoms with Gasteiger partial charge in [-0.05, 0) is 44.0 Å². The van der Waals surface area contributed by atoms with E-state index < -0.39 is 0 Å². The minimum absolute atomic E-state index is 0.217. The third-order valence-corrected chi connectivity index (χ3v) is 5.05. The largest absolute Gasteiger partial charge is 0.324 e. The Morgan fingerprint density at radius 1 is 1.20 bits per heavy atom. The molecular weight excluding hydrogens is 246 g/mol. The molecular formula is C17H27N3. The first-order valence-electron chi connectivity index (χ1n) is 7.99. The van der Waals surface area contributed by atoms with Crippen LogP contribution in [0.5, 0.6) is 0 Å². The van der Waals surface area contributed by atoms with Crippen molar-refractivity contribution in [3.05, 3.63) is 35.4 Å². The smallest absolute Gasteiger partial charge is 0.0372 e. The zero-order valence-electron chi connectivity index (χ0n) is 12.8. The first kappa shape index (κ1) is 14.1. The van der Waals surface area contributed by atoms with E-state index in [4.69, 9.17) is 5.73 Å². The molecule has 3 unspecified atom stereocenters. The van der Waals surface area contributed by atoms with E-state index in [0.717, 1.165) is 6.42 Å².